The lowest BCUT2D eigenvalue weighted by Crippen LogP contribution is -2.68. The molecule has 0 amide bonds. The van der Waals surface area contributed by atoms with Crippen LogP contribution < -0.4 is 5.73 Å². The molecule has 1 heterocycles. The lowest BCUT2D eigenvalue weighted by molar-refractivity contribution is 0.153. The van der Waals surface area contributed by atoms with Gasteiger partial charge in [-0.3, -0.25) is 0 Å². The fourth-order valence-corrected chi connectivity index (χ4v) is 3.48. The van der Waals surface area contributed by atoms with Crippen molar-refractivity contribution in [2.45, 2.75) is 23.8 Å². The molecule has 18 heavy (non-hydrogen) atoms. The van der Waals surface area contributed by atoms with Crippen LogP contribution in [0.3, 0.4) is 0 Å². The highest BCUT2D eigenvalue weighted by Crippen LogP contribution is 2.28. The number of nitrogens with zero attached hydrogens (tertiary/aromatic N) is 1. The van der Waals surface area contributed by atoms with Gasteiger partial charge in [0.25, 0.3) is 0 Å². The molecule has 1 aliphatic rings. The summed E-state index contributed by atoms with van der Waals surface area (Å²) in [5.74, 6) is -2.25. The number of halogens is 2. The predicted molar refractivity (Wildman–Crippen MR) is 62.3 cm³/mol. The Kier molecular flexibility index (Phi) is 3.16. The van der Waals surface area contributed by atoms with E-state index in [4.69, 9.17) is 5.73 Å². The molecule has 2 rings (SSSR count). The van der Waals surface area contributed by atoms with E-state index < -0.39 is 27.2 Å². The summed E-state index contributed by atoms with van der Waals surface area (Å²) >= 11 is 0. The minimum Gasteiger partial charge on any atom is -0.323 e. The van der Waals surface area contributed by atoms with E-state index in [1.807, 2.05) is 6.92 Å². The van der Waals surface area contributed by atoms with Crippen LogP contribution in [0.2, 0.25) is 0 Å². The number of nitrogens with two attached hydrogens (primary N) is 1. The maximum absolute atomic E-state index is 13.0. The molecule has 0 aliphatic carbocycles. The minimum absolute atomic E-state index is 0.199. The summed E-state index contributed by atoms with van der Waals surface area (Å²) in [6.45, 7) is 2.27. The normalized spacial score (nSPS) is 19.6. The minimum atomic E-state index is -3.78. The Morgan fingerprint density at radius 1 is 1.33 bits per heavy atom. The summed E-state index contributed by atoms with van der Waals surface area (Å²) in [4.78, 5) is -0.250. The third-order valence-electron chi connectivity index (χ3n) is 3.22. The standard InChI is InChI=1S/C11H14F2N2O2S/c1-2-11(14)6-15(7-11)18(16,17)8-3-4-9(12)10(13)5-8/h3-5H,2,6-7,14H2,1H3. The van der Waals surface area contributed by atoms with Gasteiger partial charge in [-0.1, -0.05) is 6.92 Å². The molecular weight excluding hydrogens is 262 g/mol. The van der Waals surface area contributed by atoms with Gasteiger partial charge in [-0.05, 0) is 24.6 Å². The Morgan fingerprint density at radius 2 is 1.94 bits per heavy atom. The van der Waals surface area contributed by atoms with Crippen LogP contribution in [0.1, 0.15) is 13.3 Å². The highest BCUT2D eigenvalue weighted by Gasteiger charge is 2.44. The first-order chi connectivity index (χ1) is 8.28. The molecule has 1 aromatic carbocycles. The van der Waals surface area contributed by atoms with Crippen molar-refractivity contribution in [3.63, 3.8) is 0 Å². The largest absolute Gasteiger partial charge is 0.323 e. The van der Waals surface area contributed by atoms with E-state index in [-0.39, 0.29) is 18.0 Å². The van der Waals surface area contributed by atoms with Crippen molar-refractivity contribution in [1.82, 2.24) is 4.31 Å². The molecule has 0 bridgehead atoms. The van der Waals surface area contributed by atoms with Crippen molar-refractivity contribution in [3.05, 3.63) is 29.8 Å². The van der Waals surface area contributed by atoms with Crippen LogP contribution in [0.15, 0.2) is 23.1 Å². The quantitative estimate of drug-likeness (QED) is 0.898. The van der Waals surface area contributed by atoms with Crippen molar-refractivity contribution >= 4 is 10.0 Å². The molecule has 1 saturated heterocycles. The lowest BCUT2D eigenvalue weighted by Gasteiger charge is -2.46. The maximum atomic E-state index is 13.0. The zero-order valence-corrected chi connectivity index (χ0v) is 10.7. The topological polar surface area (TPSA) is 63.4 Å². The molecule has 0 unspecified atom stereocenters. The van der Waals surface area contributed by atoms with Gasteiger partial charge in [-0.15, -0.1) is 0 Å². The second-order valence-electron chi connectivity index (χ2n) is 4.56. The van der Waals surface area contributed by atoms with Crippen molar-refractivity contribution in [2.75, 3.05) is 13.1 Å². The highest BCUT2D eigenvalue weighted by molar-refractivity contribution is 7.89. The Bertz CT molecular complexity index is 568. The molecule has 1 fully saturated rings. The molecule has 2 N–H and O–H groups in total. The second-order valence-corrected chi connectivity index (χ2v) is 6.50. The van der Waals surface area contributed by atoms with Crippen LogP contribution in [0, 0.1) is 11.6 Å². The van der Waals surface area contributed by atoms with Crippen molar-refractivity contribution < 1.29 is 17.2 Å². The zero-order chi connectivity index (χ0) is 13.6. The van der Waals surface area contributed by atoms with E-state index in [1.54, 1.807) is 0 Å². The Morgan fingerprint density at radius 3 is 2.44 bits per heavy atom. The molecular formula is C11H14F2N2O2S. The van der Waals surface area contributed by atoms with Crippen LogP contribution in [-0.4, -0.2) is 31.4 Å². The Labute approximate surface area is 104 Å². The van der Waals surface area contributed by atoms with Crippen LogP contribution in [0.25, 0.3) is 0 Å². The molecule has 0 aromatic heterocycles. The summed E-state index contributed by atoms with van der Waals surface area (Å²) < 4.78 is 51.1. The van der Waals surface area contributed by atoms with Gasteiger partial charge in [0.05, 0.1) is 4.90 Å². The van der Waals surface area contributed by atoms with Gasteiger partial charge in [0, 0.05) is 18.6 Å². The van der Waals surface area contributed by atoms with E-state index in [0.717, 1.165) is 12.1 Å². The first-order valence-corrected chi connectivity index (χ1v) is 6.96. The average Bonchev–Trinajstić information content (AvgIpc) is 2.28. The third kappa shape index (κ3) is 2.13. The molecule has 1 aromatic rings. The van der Waals surface area contributed by atoms with Gasteiger partial charge in [0.1, 0.15) is 0 Å². The third-order valence-corrected chi connectivity index (χ3v) is 5.00. The van der Waals surface area contributed by atoms with E-state index in [2.05, 4.69) is 0 Å². The van der Waals surface area contributed by atoms with Crippen molar-refractivity contribution in [3.8, 4) is 0 Å². The van der Waals surface area contributed by atoms with Crippen LogP contribution in [0.5, 0.6) is 0 Å². The summed E-state index contributed by atoms with van der Waals surface area (Å²) in [6, 6.07) is 2.54. The van der Waals surface area contributed by atoms with Crippen LogP contribution >= 0.6 is 0 Å². The molecule has 1 aliphatic heterocycles. The van der Waals surface area contributed by atoms with E-state index in [1.165, 1.54) is 4.31 Å². The van der Waals surface area contributed by atoms with Crippen molar-refractivity contribution in [2.24, 2.45) is 5.73 Å². The number of hydrogen-bond donors (Lipinski definition) is 1. The summed E-state index contributed by atoms with van der Waals surface area (Å²) in [5.41, 5.74) is 5.37. The van der Waals surface area contributed by atoms with Gasteiger partial charge in [-0.25, -0.2) is 17.2 Å². The Hall–Kier alpha value is -1.05. The molecule has 7 heteroatoms. The zero-order valence-electron chi connectivity index (χ0n) is 9.86. The molecule has 0 radical (unpaired) electrons. The fraction of sp³-hybridized carbons (Fsp3) is 0.455. The maximum Gasteiger partial charge on any atom is 0.243 e. The average molecular weight is 276 g/mol. The fourth-order valence-electron chi connectivity index (χ4n) is 1.84. The molecule has 0 atom stereocenters. The Balaban J connectivity index is 2.25. The SMILES string of the molecule is CCC1(N)CN(S(=O)(=O)c2ccc(F)c(F)c2)C1. The van der Waals surface area contributed by atoms with E-state index in [0.29, 0.717) is 12.5 Å². The monoisotopic (exact) mass is 276 g/mol. The number of rotatable bonds is 3. The van der Waals surface area contributed by atoms with Gasteiger partial charge < -0.3 is 5.73 Å². The summed E-state index contributed by atoms with van der Waals surface area (Å²) in [7, 11) is -3.78. The predicted octanol–water partition coefficient (Wildman–Crippen LogP) is 1.08. The summed E-state index contributed by atoms with van der Waals surface area (Å²) in [6.07, 6.45) is 0.663. The highest BCUT2D eigenvalue weighted by atomic mass is 32.2. The summed E-state index contributed by atoms with van der Waals surface area (Å²) in [5, 5.41) is 0. The first-order valence-electron chi connectivity index (χ1n) is 5.52. The van der Waals surface area contributed by atoms with Crippen molar-refractivity contribution in [1.29, 1.82) is 0 Å². The molecule has 100 valence electrons. The molecule has 0 saturated carbocycles. The number of benzene rings is 1. The lowest BCUT2D eigenvalue weighted by atomic mass is 9.91. The van der Waals surface area contributed by atoms with Gasteiger partial charge in [0.2, 0.25) is 10.0 Å². The number of sulfonamides is 1. The smallest absolute Gasteiger partial charge is 0.243 e. The van der Waals surface area contributed by atoms with Crippen LogP contribution in [-0.2, 0) is 10.0 Å². The van der Waals surface area contributed by atoms with Gasteiger partial charge >= 0.3 is 0 Å². The van der Waals surface area contributed by atoms with E-state index in [9.17, 15) is 17.2 Å². The second kappa shape index (κ2) is 4.25. The first kappa shape index (κ1) is 13.4. The van der Waals surface area contributed by atoms with Gasteiger partial charge in [0.15, 0.2) is 11.6 Å². The van der Waals surface area contributed by atoms with E-state index >= 15 is 0 Å². The molecule has 0 spiro atoms. The molecule has 4 nitrogen and oxygen atoms in total. The number of hydrogen-bond acceptors (Lipinski definition) is 3. The van der Waals surface area contributed by atoms with Crippen LogP contribution in [0.4, 0.5) is 8.78 Å². The van der Waals surface area contributed by atoms with Gasteiger partial charge in [-0.2, -0.15) is 4.31 Å².